The molecule has 6 nitrogen and oxygen atoms in total. The molecule has 8 heteroatoms. The Morgan fingerprint density at radius 2 is 1.53 bits per heavy atom. The van der Waals surface area contributed by atoms with Gasteiger partial charge in [0.25, 0.3) is 0 Å². The largest absolute Gasteiger partial charge is 0.463 e. The molecule has 0 spiro atoms. The molecule has 0 saturated heterocycles. The van der Waals surface area contributed by atoms with Crippen LogP contribution in [-0.4, -0.2) is 33.0 Å². The Kier molecular flexibility index (Phi) is 9.76. The second-order valence-corrected chi connectivity index (χ2v) is 9.78. The number of sulfone groups is 1. The van der Waals surface area contributed by atoms with Crippen molar-refractivity contribution in [2.24, 2.45) is 10.2 Å². The molecular weight excluding hydrogens is 420 g/mol. The molecule has 0 aliphatic heterocycles. The number of unbranched alkanes of at least 4 members (excludes halogenated alkanes) is 3. The molecule has 2 rings (SSSR count). The highest BCUT2D eigenvalue weighted by molar-refractivity contribution is 7.99. The van der Waals surface area contributed by atoms with E-state index in [1.54, 1.807) is 23.9 Å². The van der Waals surface area contributed by atoms with E-state index in [0.29, 0.717) is 12.3 Å². The van der Waals surface area contributed by atoms with Crippen molar-refractivity contribution in [3.63, 3.8) is 0 Å². The number of carbonyl (C=O) groups is 1. The van der Waals surface area contributed by atoms with E-state index >= 15 is 0 Å². The Balaban J connectivity index is 1.69. The first-order valence-corrected chi connectivity index (χ1v) is 12.5. The minimum absolute atomic E-state index is 0.263. The molecule has 0 saturated carbocycles. The fourth-order valence-corrected chi connectivity index (χ4v) is 4.01. The zero-order valence-electron chi connectivity index (χ0n) is 17.0. The maximum atomic E-state index is 11.5. The Labute approximate surface area is 182 Å². The van der Waals surface area contributed by atoms with E-state index in [1.165, 1.54) is 29.4 Å². The molecular formula is C22H26N2O4S2. The van der Waals surface area contributed by atoms with Crippen LogP contribution < -0.4 is 0 Å². The van der Waals surface area contributed by atoms with Crippen LogP contribution in [0.1, 0.15) is 25.7 Å². The van der Waals surface area contributed by atoms with Crippen LogP contribution in [-0.2, 0) is 19.4 Å². The maximum Gasteiger partial charge on any atom is 0.330 e. The van der Waals surface area contributed by atoms with Crippen LogP contribution >= 0.6 is 11.8 Å². The molecule has 2 aromatic carbocycles. The highest BCUT2D eigenvalue weighted by Crippen LogP contribution is 2.25. The van der Waals surface area contributed by atoms with E-state index in [1.807, 2.05) is 24.3 Å². The zero-order valence-corrected chi connectivity index (χ0v) is 18.6. The van der Waals surface area contributed by atoms with Gasteiger partial charge >= 0.3 is 5.97 Å². The van der Waals surface area contributed by atoms with Gasteiger partial charge in [0.2, 0.25) is 0 Å². The van der Waals surface area contributed by atoms with Crippen molar-refractivity contribution >= 4 is 38.9 Å². The molecule has 0 amide bonds. The number of hydrogen-bond donors (Lipinski definition) is 0. The first-order chi connectivity index (χ1) is 14.4. The van der Waals surface area contributed by atoms with Gasteiger partial charge in [0.05, 0.1) is 22.9 Å². The summed E-state index contributed by atoms with van der Waals surface area (Å²) in [6.07, 6.45) is 6.47. The summed E-state index contributed by atoms with van der Waals surface area (Å²) in [4.78, 5) is 12.3. The van der Waals surface area contributed by atoms with Gasteiger partial charge in [-0.15, -0.1) is 11.8 Å². The van der Waals surface area contributed by atoms with E-state index in [0.717, 1.165) is 37.1 Å². The third-order valence-electron chi connectivity index (χ3n) is 4.10. The predicted molar refractivity (Wildman–Crippen MR) is 121 cm³/mol. The Morgan fingerprint density at radius 3 is 2.10 bits per heavy atom. The summed E-state index contributed by atoms with van der Waals surface area (Å²) < 4.78 is 27.9. The average Bonchev–Trinajstić information content (AvgIpc) is 2.74. The number of esters is 1. The average molecular weight is 447 g/mol. The number of azo groups is 1. The van der Waals surface area contributed by atoms with Gasteiger partial charge in [0, 0.05) is 17.2 Å². The van der Waals surface area contributed by atoms with Crippen molar-refractivity contribution in [3.8, 4) is 0 Å². The van der Waals surface area contributed by atoms with Gasteiger partial charge in [-0.05, 0) is 67.1 Å². The summed E-state index contributed by atoms with van der Waals surface area (Å²) in [6, 6.07) is 14.2. The topological polar surface area (TPSA) is 85.2 Å². The van der Waals surface area contributed by atoms with E-state index in [4.69, 9.17) is 4.74 Å². The quantitative estimate of drug-likeness (QED) is 0.133. The molecule has 0 aliphatic carbocycles. The lowest BCUT2D eigenvalue weighted by Gasteiger charge is -2.03. The van der Waals surface area contributed by atoms with Crippen LogP contribution in [0, 0.1) is 0 Å². The summed E-state index contributed by atoms with van der Waals surface area (Å²) in [5.41, 5.74) is 1.33. The Bertz CT molecular complexity index is 954. The van der Waals surface area contributed by atoms with Gasteiger partial charge in [0.1, 0.15) is 0 Å². The monoisotopic (exact) mass is 446 g/mol. The Hall–Kier alpha value is -2.45. The molecule has 30 heavy (non-hydrogen) atoms. The number of nitrogens with zero attached hydrogens (tertiary/aromatic N) is 2. The molecule has 0 aliphatic rings. The van der Waals surface area contributed by atoms with Crippen molar-refractivity contribution in [2.45, 2.75) is 35.5 Å². The molecule has 160 valence electrons. The lowest BCUT2D eigenvalue weighted by molar-refractivity contribution is -0.137. The number of benzene rings is 2. The fraction of sp³-hybridized carbons (Fsp3) is 0.318. The minimum atomic E-state index is -3.21. The van der Waals surface area contributed by atoms with Crippen LogP contribution in [0.4, 0.5) is 11.4 Å². The number of carbonyl (C=O) groups excluding carboxylic acids is 1. The summed E-state index contributed by atoms with van der Waals surface area (Å²) in [6.45, 7) is 3.82. The number of rotatable bonds is 12. The Morgan fingerprint density at radius 1 is 0.967 bits per heavy atom. The second-order valence-electron chi connectivity index (χ2n) is 6.59. The molecule has 0 fully saturated rings. The summed E-state index contributed by atoms with van der Waals surface area (Å²) >= 11 is 1.79. The number of thioether (sulfide) groups is 1. The number of hydrogen-bond acceptors (Lipinski definition) is 7. The molecule has 0 radical (unpaired) electrons. The third-order valence-corrected chi connectivity index (χ3v) is 6.33. The lowest BCUT2D eigenvalue weighted by Crippen LogP contribution is -2.01. The summed E-state index contributed by atoms with van der Waals surface area (Å²) in [7, 11) is -3.21. The lowest BCUT2D eigenvalue weighted by atomic mass is 10.2. The van der Waals surface area contributed by atoms with Gasteiger partial charge < -0.3 is 4.74 Å². The summed E-state index contributed by atoms with van der Waals surface area (Å²) in [5.74, 6) is 0.665. The number of ether oxygens (including phenoxy) is 1. The molecule has 0 aromatic heterocycles. The van der Waals surface area contributed by atoms with E-state index < -0.39 is 9.84 Å². The minimum Gasteiger partial charge on any atom is -0.463 e. The van der Waals surface area contributed by atoms with Crippen molar-refractivity contribution in [1.29, 1.82) is 0 Å². The normalized spacial score (nSPS) is 11.5. The van der Waals surface area contributed by atoms with Crippen LogP contribution in [0.5, 0.6) is 0 Å². The van der Waals surface area contributed by atoms with Gasteiger partial charge in [-0.25, -0.2) is 13.2 Å². The zero-order chi connectivity index (χ0) is 21.8. The van der Waals surface area contributed by atoms with Crippen molar-refractivity contribution < 1.29 is 17.9 Å². The summed E-state index contributed by atoms with van der Waals surface area (Å²) in [5, 5.41) is 8.33. The van der Waals surface area contributed by atoms with Crippen molar-refractivity contribution in [1.82, 2.24) is 0 Å². The predicted octanol–water partition coefficient (Wildman–Crippen LogP) is 5.89. The van der Waals surface area contributed by atoms with Crippen LogP contribution in [0.15, 0.2) is 81.2 Å². The molecule has 0 N–H and O–H groups in total. The highest BCUT2D eigenvalue weighted by Gasteiger charge is 2.05. The van der Waals surface area contributed by atoms with Crippen LogP contribution in [0.25, 0.3) is 0 Å². The fourth-order valence-electron chi connectivity index (χ4n) is 2.46. The van der Waals surface area contributed by atoms with Crippen LogP contribution in [0.3, 0.4) is 0 Å². The van der Waals surface area contributed by atoms with Crippen molar-refractivity contribution in [3.05, 3.63) is 61.2 Å². The SMILES string of the molecule is C=CC(=O)OCCCCCCSc1ccc(/N=N/c2ccc(S(C)(=O)=O)cc2)cc1. The van der Waals surface area contributed by atoms with Crippen LogP contribution in [0.2, 0.25) is 0 Å². The first-order valence-electron chi connectivity index (χ1n) is 9.62. The van der Waals surface area contributed by atoms with Gasteiger partial charge in [-0.2, -0.15) is 10.2 Å². The first kappa shape index (κ1) is 23.8. The molecule has 0 bridgehead atoms. The smallest absolute Gasteiger partial charge is 0.330 e. The van der Waals surface area contributed by atoms with Crippen molar-refractivity contribution in [2.75, 3.05) is 18.6 Å². The van der Waals surface area contributed by atoms with Gasteiger partial charge in [-0.3, -0.25) is 0 Å². The van der Waals surface area contributed by atoms with E-state index in [2.05, 4.69) is 16.8 Å². The van der Waals surface area contributed by atoms with Gasteiger partial charge in [0.15, 0.2) is 9.84 Å². The molecule has 2 aromatic rings. The standard InChI is InChI=1S/C22H26N2O4S2/c1-3-22(25)28-16-6-4-5-7-17-29-20-12-8-18(9-13-20)23-24-19-10-14-21(15-11-19)30(2,26)27/h3,8-15H,1,4-7,16-17H2,2H3/b24-23+. The third kappa shape index (κ3) is 8.92. The maximum absolute atomic E-state index is 11.5. The molecule has 0 heterocycles. The molecule has 0 atom stereocenters. The molecule has 0 unspecified atom stereocenters. The second kappa shape index (κ2) is 12.3. The highest BCUT2D eigenvalue weighted by atomic mass is 32.2. The van der Waals surface area contributed by atoms with E-state index in [-0.39, 0.29) is 10.9 Å². The van der Waals surface area contributed by atoms with Gasteiger partial charge in [-0.1, -0.05) is 19.4 Å². The van der Waals surface area contributed by atoms with E-state index in [9.17, 15) is 13.2 Å².